The van der Waals surface area contributed by atoms with Gasteiger partial charge in [0.1, 0.15) is 6.10 Å². The predicted molar refractivity (Wildman–Crippen MR) is 59.6 cm³/mol. The first-order valence-electron chi connectivity index (χ1n) is 5.61. The summed E-state index contributed by atoms with van der Waals surface area (Å²) in [6, 6.07) is -0.0556. The fraction of sp³-hybridized carbons (Fsp3) is 0.818. The molecule has 0 aliphatic carbocycles. The number of ether oxygens (including phenoxy) is 2. The molecule has 0 aromatic heterocycles. The first-order valence-corrected chi connectivity index (χ1v) is 5.61. The average molecular weight is 245 g/mol. The topological polar surface area (TPSA) is 76.1 Å². The molecule has 1 saturated heterocycles. The molecular formula is C11H19NO5. The summed E-state index contributed by atoms with van der Waals surface area (Å²) >= 11 is 0. The highest BCUT2D eigenvalue weighted by Gasteiger charge is 2.36. The van der Waals surface area contributed by atoms with Crippen LogP contribution in [0.5, 0.6) is 0 Å². The Morgan fingerprint density at radius 2 is 2.06 bits per heavy atom. The van der Waals surface area contributed by atoms with Gasteiger partial charge in [0, 0.05) is 14.2 Å². The summed E-state index contributed by atoms with van der Waals surface area (Å²) in [7, 11) is 3.24. The number of amides is 1. The van der Waals surface area contributed by atoms with Crippen molar-refractivity contribution in [3.63, 3.8) is 0 Å². The van der Waals surface area contributed by atoms with Gasteiger partial charge in [-0.05, 0) is 19.8 Å². The van der Waals surface area contributed by atoms with Gasteiger partial charge in [-0.25, -0.2) is 4.79 Å². The Hall–Kier alpha value is -1.14. The van der Waals surface area contributed by atoms with E-state index in [1.165, 1.54) is 0 Å². The number of carbonyl (C=O) groups is 2. The number of carbonyl (C=O) groups excluding carboxylic acids is 1. The van der Waals surface area contributed by atoms with Gasteiger partial charge in [-0.1, -0.05) is 0 Å². The summed E-state index contributed by atoms with van der Waals surface area (Å²) in [6.07, 6.45) is -0.645. The van der Waals surface area contributed by atoms with Gasteiger partial charge in [0.25, 0.3) is 5.91 Å². The summed E-state index contributed by atoms with van der Waals surface area (Å²) in [5.74, 6) is -1.19. The minimum Gasteiger partial charge on any atom is -0.479 e. The van der Waals surface area contributed by atoms with E-state index in [1.54, 1.807) is 19.1 Å². The number of hydrogen-bond donors (Lipinski definition) is 1. The van der Waals surface area contributed by atoms with E-state index in [2.05, 4.69) is 0 Å². The van der Waals surface area contributed by atoms with E-state index >= 15 is 0 Å². The van der Waals surface area contributed by atoms with E-state index < -0.39 is 18.2 Å². The zero-order valence-electron chi connectivity index (χ0n) is 10.4. The lowest BCUT2D eigenvalue weighted by Gasteiger charge is -2.26. The van der Waals surface area contributed by atoms with Gasteiger partial charge in [-0.3, -0.25) is 4.79 Å². The number of carboxylic acid groups (broad SMARTS) is 1. The Kier molecular flexibility index (Phi) is 4.89. The molecule has 3 unspecified atom stereocenters. The summed E-state index contributed by atoms with van der Waals surface area (Å²) in [6.45, 7) is 2.31. The lowest BCUT2D eigenvalue weighted by molar-refractivity contribution is -0.155. The minimum absolute atomic E-state index is 0.0556. The number of rotatable bonds is 5. The highest BCUT2D eigenvalue weighted by atomic mass is 16.5. The van der Waals surface area contributed by atoms with Crippen molar-refractivity contribution < 1.29 is 24.2 Å². The molecule has 1 N–H and O–H groups in total. The second-order valence-electron chi connectivity index (χ2n) is 4.28. The molecule has 0 bridgehead atoms. The molecule has 0 aromatic carbocycles. The van der Waals surface area contributed by atoms with Crippen molar-refractivity contribution in [1.82, 2.24) is 4.90 Å². The van der Waals surface area contributed by atoms with Gasteiger partial charge in [0.05, 0.1) is 12.6 Å². The standard InChI is InChI=1S/C11H19NO5/c1-7(6-16-3)12(2)10(13)8-4-5-9(17-8)11(14)15/h7-9H,4-6H2,1-3H3,(H,14,15). The maximum atomic E-state index is 12.0. The summed E-state index contributed by atoms with van der Waals surface area (Å²) in [5, 5.41) is 8.77. The molecule has 1 amide bonds. The van der Waals surface area contributed by atoms with Crippen molar-refractivity contribution in [2.45, 2.75) is 38.0 Å². The average Bonchev–Trinajstić information content (AvgIpc) is 2.76. The van der Waals surface area contributed by atoms with Gasteiger partial charge in [-0.2, -0.15) is 0 Å². The lowest BCUT2D eigenvalue weighted by Crippen LogP contribution is -2.43. The van der Waals surface area contributed by atoms with Gasteiger partial charge in [0.15, 0.2) is 6.10 Å². The molecule has 6 heteroatoms. The molecular weight excluding hydrogens is 226 g/mol. The Morgan fingerprint density at radius 1 is 1.47 bits per heavy atom. The summed E-state index contributed by atoms with van der Waals surface area (Å²) in [5.41, 5.74) is 0. The highest BCUT2D eigenvalue weighted by molar-refractivity contribution is 5.82. The van der Waals surface area contributed by atoms with E-state index in [1.807, 2.05) is 6.92 Å². The molecule has 17 heavy (non-hydrogen) atoms. The van der Waals surface area contributed by atoms with Crippen LogP contribution in [-0.4, -0.2) is 60.9 Å². The maximum Gasteiger partial charge on any atom is 0.332 e. The van der Waals surface area contributed by atoms with Crippen LogP contribution in [0.4, 0.5) is 0 Å². The number of nitrogens with zero attached hydrogens (tertiary/aromatic N) is 1. The van der Waals surface area contributed by atoms with Crippen LogP contribution in [0.3, 0.4) is 0 Å². The summed E-state index contributed by atoms with van der Waals surface area (Å²) in [4.78, 5) is 24.2. The molecule has 1 rings (SSSR count). The third-order valence-electron chi connectivity index (χ3n) is 2.99. The van der Waals surface area contributed by atoms with Crippen LogP contribution in [0.15, 0.2) is 0 Å². The number of hydrogen-bond acceptors (Lipinski definition) is 4. The van der Waals surface area contributed by atoms with Crippen LogP contribution < -0.4 is 0 Å². The van der Waals surface area contributed by atoms with Crippen molar-refractivity contribution in [2.75, 3.05) is 20.8 Å². The van der Waals surface area contributed by atoms with Crippen LogP contribution in [0.2, 0.25) is 0 Å². The molecule has 0 radical (unpaired) electrons. The normalized spacial score (nSPS) is 25.6. The molecule has 1 aliphatic rings. The van der Waals surface area contributed by atoms with E-state index in [4.69, 9.17) is 14.6 Å². The zero-order chi connectivity index (χ0) is 13.0. The predicted octanol–water partition coefficient (Wildman–Crippen LogP) is 0.112. The fourth-order valence-corrected chi connectivity index (χ4v) is 1.80. The van der Waals surface area contributed by atoms with E-state index in [0.717, 1.165) is 0 Å². The Bertz CT molecular complexity index is 294. The third-order valence-corrected chi connectivity index (χ3v) is 2.99. The second-order valence-corrected chi connectivity index (χ2v) is 4.28. The molecule has 1 aliphatic heterocycles. The van der Waals surface area contributed by atoms with Gasteiger partial charge in [0.2, 0.25) is 0 Å². The molecule has 0 saturated carbocycles. The molecule has 3 atom stereocenters. The Morgan fingerprint density at radius 3 is 2.53 bits per heavy atom. The molecule has 6 nitrogen and oxygen atoms in total. The molecule has 0 aromatic rings. The zero-order valence-corrected chi connectivity index (χ0v) is 10.4. The SMILES string of the molecule is COCC(C)N(C)C(=O)C1CCC(C(=O)O)O1. The van der Waals surface area contributed by atoms with Crippen LogP contribution >= 0.6 is 0 Å². The van der Waals surface area contributed by atoms with Crippen molar-refractivity contribution in [3.05, 3.63) is 0 Å². The Labute approximate surface area is 100 Å². The third kappa shape index (κ3) is 3.41. The van der Waals surface area contributed by atoms with E-state index in [9.17, 15) is 9.59 Å². The molecule has 1 heterocycles. The van der Waals surface area contributed by atoms with Crippen molar-refractivity contribution in [1.29, 1.82) is 0 Å². The molecule has 1 fully saturated rings. The van der Waals surface area contributed by atoms with Crippen molar-refractivity contribution >= 4 is 11.9 Å². The largest absolute Gasteiger partial charge is 0.479 e. The maximum absolute atomic E-state index is 12.0. The fourth-order valence-electron chi connectivity index (χ4n) is 1.80. The number of methoxy groups -OCH3 is 1. The highest BCUT2D eigenvalue weighted by Crippen LogP contribution is 2.21. The Balaban J connectivity index is 2.51. The molecule has 0 spiro atoms. The van der Waals surface area contributed by atoms with Crippen molar-refractivity contribution in [3.8, 4) is 0 Å². The van der Waals surface area contributed by atoms with Crippen LogP contribution in [0.25, 0.3) is 0 Å². The minimum atomic E-state index is -1.01. The van der Waals surface area contributed by atoms with Crippen LogP contribution in [0.1, 0.15) is 19.8 Å². The number of aliphatic carboxylic acids is 1. The van der Waals surface area contributed by atoms with Crippen molar-refractivity contribution in [2.24, 2.45) is 0 Å². The first-order chi connectivity index (χ1) is 7.97. The van der Waals surface area contributed by atoms with Crippen LogP contribution in [-0.2, 0) is 19.1 Å². The van der Waals surface area contributed by atoms with E-state index in [-0.39, 0.29) is 11.9 Å². The second kappa shape index (κ2) is 5.97. The molecule has 98 valence electrons. The smallest absolute Gasteiger partial charge is 0.332 e. The lowest BCUT2D eigenvalue weighted by atomic mass is 10.1. The van der Waals surface area contributed by atoms with Gasteiger partial charge < -0.3 is 19.5 Å². The first kappa shape index (κ1) is 13.9. The number of carboxylic acids is 1. The summed E-state index contributed by atoms with van der Waals surface area (Å²) < 4.78 is 10.2. The number of likely N-dealkylation sites (N-methyl/N-ethyl adjacent to an activating group) is 1. The van der Waals surface area contributed by atoms with E-state index in [0.29, 0.717) is 19.4 Å². The quantitative estimate of drug-likeness (QED) is 0.744. The van der Waals surface area contributed by atoms with Gasteiger partial charge in [-0.15, -0.1) is 0 Å². The van der Waals surface area contributed by atoms with Crippen LogP contribution in [0, 0.1) is 0 Å². The van der Waals surface area contributed by atoms with Gasteiger partial charge >= 0.3 is 5.97 Å². The monoisotopic (exact) mass is 245 g/mol.